The third-order valence-electron chi connectivity index (χ3n) is 3.99. The highest BCUT2D eigenvalue weighted by molar-refractivity contribution is 6.08. The van der Waals surface area contributed by atoms with E-state index in [2.05, 4.69) is 0 Å². The number of Topliss-reactive ketones (excluding diaryl/α,β-unsaturated/α-hetero) is 1. The fourth-order valence-electron chi connectivity index (χ4n) is 2.89. The zero-order valence-electron chi connectivity index (χ0n) is 13.1. The van der Waals surface area contributed by atoms with Gasteiger partial charge in [-0.15, -0.1) is 0 Å². The first-order valence-corrected chi connectivity index (χ1v) is 7.37. The van der Waals surface area contributed by atoms with Crippen LogP contribution in [0.15, 0.2) is 24.3 Å². The summed E-state index contributed by atoms with van der Waals surface area (Å²) in [6.45, 7) is 9.12. The largest absolute Gasteiger partial charge is 0.342 e. The molecule has 1 amide bonds. The van der Waals surface area contributed by atoms with Crippen LogP contribution in [0.1, 0.15) is 36.8 Å². The number of hydrogen-bond acceptors (Lipinski definition) is 2. The lowest BCUT2D eigenvalue weighted by molar-refractivity contribution is -0.131. The molecule has 0 atom stereocenters. The smallest absolute Gasteiger partial charge is 0.242 e. The van der Waals surface area contributed by atoms with Crippen LogP contribution < -0.4 is 0 Å². The minimum absolute atomic E-state index is 0.0396. The molecule has 0 bridgehead atoms. The number of likely N-dealkylation sites (N-methyl/N-ethyl adjacent to an activating group) is 1. The summed E-state index contributed by atoms with van der Waals surface area (Å²) < 4.78 is 1.95. The second kappa shape index (κ2) is 6.12. The van der Waals surface area contributed by atoms with Crippen LogP contribution in [0.3, 0.4) is 0 Å². The maximum absolute atomic E-state index is 12.4. The highest BCUT2D eigenvalue weighted by Gasteiger charge is 2.19. The lowest BCUT2D eigenvalue weighted by atomic mass is 10.1. The monoisotopic (exact) mass is 286 g/mol. The Morgan fingerprint density at radius 2 is 1.76 bits per heavy atom. The Labute approximate surface area is 125 Å². The molecule has 1 heterocycles. The minimum Gasteiger partial charge on any atom is -0.342 e. The Morgan fingerprint density at radius 3 is 2.33 bits per heavy atom. The summed E-state index contributed by atoms with van der Waals surface area (Å²) in [5.41, 5.74) is 2.53. The van der Waals surface area contributed by atoms with Gasteiger partial charge in [-0.2, -0.15) is 0 Å². The standard InChI is InChI=1S/C17H22N2O2/c1-5-18(6-2)16(21)11-19-12(3)17(13(4)20)14-9-7-8-10-15(14)19/h7-10H,5-6,11H2,1-4H3. The average molecular weight is 286 g/mol. The zero-order chi connectivity index (χ0) is 15.6. The van der Waals surface area contributed by atoms with E-state index in [0.717, 1.165) is 22.2 Å². The molecule has 0 aliphatic rings. The zero-order valence-corrected chi connectivity index (χ0v) is 13.1. The molecule has 112 valence electrons. The van der Waals surface area contributed by atoms with Gasteiger partial charge in [0.1, 0.15) is 6.54 Å². The predicted octanol–water partition coefficient (Wildman–Crippen LogP) is 3.02. The number of carbonyl (C=O) groups is 2. The molecule has 0 saturated carbocycles. The molecule has 4 nitrogen and oxygen atoms in total. The van der Waals surface area contributed by atoms with E-state index in [1.165, 1.54) is 0 Å². The second-order valence-corrected chi connectivity index (χ2v) is 5.19. The van der Waals surface area contributed by atoms with Crippen LogP contribution in [-0.2, 0) is 11.3 Å². The number of rotatable bonds is 5. The number of para-hydroxylation sites is 1. The number of ketones is 1. The van der Waals surface area contributed by atoms with Crippen molar-refractivity contribution in [3.8, 4) is 0 Å². The average Bonchev–Trinajstić information content (AvgIpc) is 2.73. The first kappa shape index (κ1) is 15.3. The van der Waals surface area contributed by atoms with E-state index in [-0.39, 0.29) is 18.2 Å². The Kier molecular flexibility index (Phi) is 4.46. The molecule has 0 aliphatic heterocycles. The van der Waals surface area contributed by atoms with Gasteiger partial charge in [0.25, 0.3) is 0 Å². The Hall–Kier alpha value is -2.10. The van der Waals surface area contributed by atoms with Crippen molar-refractivity contribution in [2.45, 2.75) is 34.2 Å². The highest BCUT2D eigenvalue weighted by atomic mass is 16.2. The number of fused-ring (bicyclic) bond motifs is 1. The van der Waals surface area contributed by atoms with E-state index < -0.39 is 0 Å². The molecule has 0 aliphatic carbocycles. The summed E-state index contributed by atoms with van der Waals surface area (Å²) in [4.78, 5) is 26.1. The van der Waals surface area contributed by atoms with E-state index in [1.54, 1.807) is 6.92 Å². The van der Waals surface area contributed by atoms with Crippen molar-refractivity contribution in [1.29, 1.82) is 0 Å². The van der Waals surface area contributed by atoms with Crippen LogP contribution in [0.2, 0.25) is 0 Å². The van der Waals surface area contributed by atoms with Crippen molar-refractivity contribution in [3.63, 3.8) is 0 Å². The minimum atomic E-state index is 0.0396. The number of benzene rings is 1. The quantitative estimate of drug-likeness (QED) is 0.793. The Bertz CT molecular complexity index is 681. The van der Waals surface area contributed by atoms with E-state index in [4.69, 9.17) is 0 Å². The fourth-order valence-corrected chi connectivity index (χ4v) is 2.89. The van der Waals surface area contributed by atoms with Crippen LogP contribution in [0, 0.1) is 6.92 Å². The van der Waals surface area contributed by atoms with Crippen LogP contribution in [-0.4, -0.2) is 34.2 Å². The number of nitrogens with zero attached hydrogens (tertiary/aromatic N) is 2. The number of hydrogen-bond donors (Lipinski definition) is 0. The molecule has 2 aromatic rings. The highest BCUT2D eigenvalue weighted by Crippen LogP contribution is 2.26. The molecule has 0 N–H and O–H groups in total. The second-order valence-electron chi connectivity index (χ2n) is 5.19. The van der Waals surface area contributed by atoms with Gasteiger partial charge < -0.3 is 9.47 Å². The van der Waals surface area contributed by atoms with Crippen molar-refractivity contribution >= 4 is 22.6 Å². The molecule has 0 radical (unpaired) electrons. The van der Waals surface area contributed by atoms with Crippen LogP contribution in [0.25, 0.3) is 10.9 Å². The third-order valence-corrected chi connectivity index (χ3v) is 3.99. The molecular weight excluding hydrogens is 264 g/mol. The van der Waals surface area contributed by atoms with E-state index in [1.807, 2.05) is 54.5 Å². The van der Waals surface area contributed by atoms with Gasteiger partial charge in [0.05, 0.1) is 0 Å². The molecule has 0 unspecified atom stereocenters. The third kappa shape index (κ3) is 2.71. The van der Waals surface area contributed by atoms with Crippen molar-refractivity contribution in [3.05, 3.63) is 35.5 Å². The fraction of sp³-hybridized carbons (Fsp3) is 0.412. The Morgan fingerprint density at radius 1 is 1.14 bits per heavy atom. The van der Waals surface area contributed by atoms with Crippen molar-refractivity contribution < 1.29 is 9.59 Å². The van der Waals surface area contributed by atoms with Gasteiger partial charge in [0, 0.05) is 35.2 Å². The maximum atomic E-state index is 12.4. The number of carbonyl (C=O) groups excluding carboxylic acids is 2. The predicted molar refractivity (Wildman–Crippen MR) is 84.6 cm³/mol. The van der Waals surface area contributed by atoms with Gasteiger partial charge in [-0.25, -0.2) is 0 Å². The van der Waals surface area contributed by atoms with Gasteiger partial charge in [-0.3, -0.25) is 9.59 Å². The van der Waals surface area contributed by atoms with Gasteiger partial charge in [-0.05, 0) is 33.8 Å². The van der Waals surface area contributed by atoms with E-state index in [9.17, 15) is 9.59 Å². The van der Waals surface area contributed by atoms with Crippen molar-refractivity contribution in [2.24, 2.45) is 0 Å². The molecule has 0 fully saturated rings. The van der Waals surface area contributed by atoms with Crippen LogP contribution in [0.5, 0.6) is 0 Å². The first-order chi connectivity index (χ1) is 10.0. The lowest BCUT2D eigenvalue weighted by Crippen LogP contribution is -2.33. The molecular formula is C17H22N2O2. The van der Waals surface area contributed by atoms with Crippen molar-refractivity contribution in [1.82, 2.24) is 9.47 Å². The van der Waals surface area contributed by atoms with E-state index >= 15 is 0 Å². The van der Waals surface area contributed by atoms with Gasteiger partial charge in [0.2, 0.25) is 5.91 Å². The molecule has 21 heavy (non-hydrogen) atoms. The molecule has 0 spiro atoms. The van der Waals surface area contributed by atoms with Crippen LogP contribution >= 0.6 is 0 Å². The summed E-state index contributed by atoms with van der Waals surface area (Å²) in [6.07, 6.45) is 0. The summed E-state index contributed by atoms with van der Waals surface area (Å²) >= 11 is 0. The number of aromatic nitrogens is 1. The maximum Gasteiger partial charge on any atom is 0.242 e. The number of amides is 1. The molecule has 4 heteroatoms. The van der Waals surface area contributed by atoms with Gasteiger partial charge in [-0.1, -0.05) is 18.2 Å². The topological polar surface area (TPSA) is 42.3 Å². The Balaban J connectivity index is 2.52. The van der Waals surface area contributed by atoms with Crippen molar-refractivity contribution in [2.75, 3.05) is 13.1 Å². The molecule has 1 aromatic heterocycles. The molecule has 1 aromatic carbocycles. The summed E-state index contributed by atoms with van der Waals surface area (Å²) in [5, 5.41) is 0.926. The normalized spacial score (nSPS) is 10.9. The molecule has 0 saturated heterocycles. The van der Waals surface area contributed by atoms with E-state index in [0.29, 0.717) is 13.1 Å². The lowest BCUT2D eigenvalue weighted by Gasteiger charge is -2.20. The summed E-state index contributed by atoms with van der Waals surface area (Å²) in [7, 11) is 0. The van der Waals surface area contributed by atoms with Gasteiger partial charge >= 0.3 is 0 Å². The summed E-state index contributed by atoms with van der Waals surface area (Å²) in [6, 6.07) is 7.76. The summed E-state index contributed by atoms with van der Waals surface area (Å²) in [5.74, 6) is 0.122. The van der Waals surface area contributed by atoms with Crippen LogP contribution in [0.4, 0.5) is 0 Å². The van der Waals surface area contributed by atoms with Gasteiger partial charge in [0.15, 0.2) is 5.78 Å². The SMILES string of the molecule is CCN(CC)C(=O)Cn1c(C)c(C(C)=O)c2ccccc21. The first-order valence-electron chi connectivity index (χ1n) is 7.37. The molecule has 2 rings (SSSR count).